The van der Waals surface area contributed by atoms with Crippen LogP contribution < -0.4 is 4.74 Å². The number of rotatable bonds is 4. The Kier molecular flexibility index (Phi) is 3.69. The van der Waals surface area contributed by atoms with E-state index in [0.717, 1.165) is 11.9 Å². The summed E-state index contributed by atoms with van der Waals surface area (Å²) in [5, 5.41) is 0. The molecule has 21 heavy (non-hydrogen) atoms. The van der Waals surface area contributed by atoms with Gasteiger partial charge in [0, 0.05) is 6.42 Å². The lowest BCUT2D eigenvalue weighted by Crippen LogP contribution is -2.07. The maximum absolute atomic E-state index is 11.7. The Bertz CT molecular complexity index is 743. The number of carbonyl (C=O) groups excluding carboxylic acids is 1. The lowest BCUT2D eigenvalue weighted by atomic mass is 10.2. The zero-order valence-corrected chi connectivity index (χ0v) is 11.7. The van der Waals surface area contributed by atoms with Crippen molar-refractivity contribution < 1.29 is 13.9 Å². The smallest absolute Gasteiger partial charge is 0.311 e. The van der Waals surface area contributed by atoms with Crippen LogP contribution >= 0.6 is 0 Å². The Morgan fingerprint density at radius 3 is 2.71 bits per heavy atom. The molecule has 0 unspecified atom stereocenters. The molecule has 3 aromatic rings. The first kappa shape index (κ1) is 13.4. The van der Waals surface area contributed by atoms with Crippen LogP contribution in [0.1, 0.15) is 19.8 Å². The van der Waals surface area contributed by atoms with Gasteiger partial charge in [-0.3, -0.25) is 4.79 Å². The fourth-order valence-corrected chi connectivity index (χ4v) is 2.10. The number of oxazole rings is 1. The van der Waals surface area contributed by atoms with Gasteiger partial charge in [0.25, 0.3) is 0 Å². The van der Waals surface area contributed by atoms with Gasteiger partial charge in [-0.15, -0.1) is 0 Å². The molecule has 4 heteroatoms. The third-order valence-corrected chi connectivity index (χ3v) is 3.09. The molecule has 0 aliphatic carbocycles. The van der Waals surface area contributed by atoms with Crippen LogP contribution in [-0.4, -0.2) is 11.0 Å². The van der Waals surface area contributed by atoms with Gasteiger partial charge in [0.1, 0.15) is 11.3 Å². The number of hydrogen-bond donors (Lipinski definition) is 0. The highest BCUT2D eigenvalue weighted by atomic mass is 16.5. The Morgan fingerprint density at radius 1 is 1.14 bits per heavy atom. The Morgan fingerprint density at radius 2 is 1.90 bits per heavy atom. The predicted octanol–water partition coefficient (Wildman–Crippen LogP) is 4.20. The summed E-state index contributed by atoms with van der Waals surface area (Å²) < 4.78 is 11.1. The van der Waals surface area contributed by atoms with Crippen molar-refractivity contribution in [1.82, 2.24) is 4.98 Å². The van der Waals surface area contributed by atoms with Gasteiger partial charge in [-0.1, -0.05) is 31.2 Å². The van der Waals surface area contributed by atoms with Crippen molar-refractivity contribution in [3.05, 3.63) is 48.5 Å². The molecule has 0 aliphatic heterocycles. The molecule has 1 aromatic heterocycles. The van der Waals surface area contributed by atoms with Gasteiger partial charge in [0.05, 0.1) is 5.56 Å². The monoisotopic (exact) mass is 281 g/mol. The fraction of sp³-hybridized carbons (Fsp3) is 0.176. The summed E-state index contributed by atoms with van der Waals surface area (Å²) in [4.78, 5) is 16.1. The molecule has 0 saturated heterocycles. The van der Waals surface area contributed by atoms with Gasteiger partial charge in [-0.25, -0.2) is 4.98 Å². The quantitative estimate of drug-likeness (QED) is 0.531. The van der Waals surface area contributed by atoms with Crippen LogP contribution in [0.4, 0.5) is 0 Å². The first-order valence-electron chi connectivity index (χ1n) is 6.93. The highest BCUT2D eigenvalue weighted by molar-refractivity contribution is 5.79. The second-order valence-corrected chi connectivity index (χ2v) is 4.71. The molecule has 0 saturated carbocycles. The van der Waals surface area contributed by atoms with Gasteiger partial charge >= 0.3 is 5.97 Å². The zero-order chi connectivity index (χ0) is 14.7. The van der Waals surface area contributed by atoms with E-state index in [1.54, 1.807) is 6.07 Å². The van der Waals surface area contributed by atoms with Crippen LogP contribution in [0.25, 0.3) is 22.6 Å². The summed E-state index contributed by atoms with van der Waals surface area (Å²) in [5.41, 5.74) is 2.17. The second kappa shape index (κ2) is 5.79. The average Bonchev–Trinajstić information content (AvgIpc) is 2.91. The van der Waals surface area contributed by atoms with Crippen molar-refractivity contribution in [3.8, 4) is 17.2 Å². The molecule has 4 nitrogen and oxygen atoms in total. The van der Waals surface area contributed by atoms with Crippen molar-refractivity contribution in [2.75, 3.05) is 0 Å². The summed E-state index contributed by atoms with van der Waals surface area (Å²) in [5.74, 6) is 0.680. The minimum Gasteiger partial charge on any atom is -0.436 e. The van der Waals surface area contributed by atoms with Crippen LogP contribution in [0, 0.1) is 0 Å². The van der Waals surface area contributed by atoms with E-state index in [-0.39, 0.29) is 5.97 Å². The summed E-state index contributed by atoms with van der Waals surface area (Å²) >= 11 is 0. The normalized spacial score (nSPS) is 10.7. The molecular formula is C17H15NO3. The van der Waals surface area contributed by atoms with E-state index in [4.69, 9.17) is 9.15 Å². The van der Waals surface area contributed by atoms with E-state index in [1.807, 2.05) is 49.4 Å². The van der Waals surface area contributed by atoms with Gasteiger partial charge in [0.2, 0.25) is 5.89 Å². The number of carbonyl (C=O) groups is 1. The molecule has 106 valence electrons. The van der Waals surface area contributed by atoms with Crippen LogP contribution in [0.3, 0.4) is 0 Å². The lowest BCUT2D eigenvalue weighted by molar-refractivity contribution is -0.134. The predicted molar refractivity (Wildman–Crippen MR) is 80.0 cm³/mol. The molecule has 0 N–H and O–H groups in total. The first-order valence-corrected chi connectivity index (χ1v) is 6.93. The average molecular weight is 281 g/mol. The van der Waals surface area contributed by atoms with Gasteiger partial charge in [-0.2, -0.15) is 0 Å². The molecule has 2 aromatic carbocycles. The number of nitrogens with zero attached hydrogens (tertiary/aromatic N) is 1. The van der Waals surface area contributed by atoms with Gasteiger partial charge in [0.15, 0.2) is 5.58 Å². The minimum atomic E-state index is -0.249. The van der Waals surface area contributed by atoms with Crippen LogP contribution in [-0.2, 0) is 4.79 Å². The molecule has 0 fully saturated rings. The van der Waals surface area contributed by atoms with Crippen molar-refractivity contribution >= 4 is 17.1 Å². The van der Waals surface area contributed by atoms with Gasteiger partial charge < -0.3 is 9.15 Å². The maximum atomic E-state index is 11.7. The number of aromatic nitrogens is 1. The lowest BCUT2D eigenvalue weighted by Gasteiger charge is -2.06. The first-order chi connectivity index (χ1) is 10.3. The summed E-state index contributed by atoms with van der Waals surface area (Å²) in [6.45, 7) is 1.94. The Labute approximate surface area is 122 Å². The SMILES string of the molecule is CCCC(=O)Oc1ccccc1-c1nc2ccccc2o1. The number of para-hydroxylation sites is 3. The molecule has 3 rings (SSSR count). The van der Waals surface area contributed by atoms with Crippen molar-refractivity contribution in [2.24, 2.45) is 0 Å². The summed E-state index contributed by atoms with van der Waals surface area (Å²) in [6, 6.07) is 14.8. The van der Waals surface area contributed by atoms with Crippen LogP contribution in [0.5, 0.6) is 5.75 Å². The highest BCUT2D eigenvalue weighted by Gasteiger charge is 2.14. The molecule has 0 atom stereocenters. The topological polar surface area (TPSA) is 52.3 Å². The third-order valence-electron chi connectivity index (χ3n) is 3.09. The number of hydrogen-bond acceptors (Lipinski definition) is 4. The van der Waals surface area contributed by atoms with Gasteiger partial charge in [-0.05, 0) is 30.7 Å². The number of ether oxygens (including phenoxy) is 1. The van der Waals surface area contributed by atoms with E-state index < -0.39 is 0 Å². The Balaban J connectivity index is 1.99. The molecule has 0 bridgehead atoms. The second-order valence-electron chi connectivity index (χ2n) is 4.71. The number of fused-ring (bicyclic) bond motifs is 1. The molecule has 0 aliphatic rings. The largest absolute Gasteiger partial charge is 0.436 e. The third kappa shape index (κ3) is 2.79. The standard InChI is InChI=1S/C17H15NO3/c1-2-7-16(19)20-14-10-5-3-8-12(14)17-18-13-9-4-6-11-15(13)21-17/h3-6,8-11H,2,7H2,1H3. The van der Waals surface area contributed by atoms with E-state index in [2.05, 4.69) is 4.98 Å². The van der Waals surface area contributed by atoms with E-state index in [0.29, 0.717) is 29.2 Å². The van der Waals surface area contributed by atoms with E-state index in [9.17, 15) is 4.79 Å². The van der Waals surface area contributed by atoms with Crippen molar-refractivity contribution in [3.63, 3.8) is 0 Å². The van der Waals surface area contributed by atoms with Crippen molar-refractivity contribution in [2.45, 2.75) is 19.8 Å². The minimum absolute atomic E-state index is 0.249. The van der Waals surface area contributed by atoms with Crippen LogP contribution in [0.2, 0.25) is 0 Å². The molecule has 1 heterocycles. The van der Waals surface area contributed by atoms with Crippen molar-refractivity contribution in [1.29, 1.82) is 0 Å². The molecule has 0 amide bonds. The Hall–Kier alpha value is -2.62. The number of benzene rings is 2. The zero-order valence-electron chi connectivity index (χ0n) is 11.7. The molecular weight excluding hydrogens is 266 g/mol. The summed E-state index contributed by atoms with van der Waals surface area (Å²) in [7, 11) is 0. The molecule has 0 radical (unpaired) electrons. The highest BCUT2D eigenvalue weighted by Crippen LogP contribution is 2.31. The van der Waals surface area contributed by atoms with E-state index in [1.165, 1.54) is 0 Å². The number of esters is 1. The van der Waals surface area contributed by atoms with E-state index >= 15 is 0 Å². The maximum Gasteiger partial charge on any atom is 0.311 e. The fourth-order valence-electron chi connectivity index (χ4n) is 2.10. The van der Waals surface area contributed by atoms with Crippen LogP contribution in [0.15, 0.2) is 52.9 Å². The molecule has 0 spiro atoms. The summed E-state index contributed by atoms with van der Waals surface area (Å²) in [6.07, 6.45) is 1.14.